The van der Waals surface area contributed by atoms with Crippen LogP contribution in [0.25, 0.3) is 0 Å². The summed E-state index contributed by atoms with van der Waals surface area (Å²) >= 11 is 0. The number of aliphatic hydroxyl groups excluding tert-OH is 1. The Morgan fingerprint density at radius 2 is 1.83 bits per heavy atom. The summed E-state index contributed by atoms with van der Waals surface area (Å²) in [6.07, 6.45) is 0.658. The van der Waals surface area contributed by atoms with Gasteiger partial charge in [-0.15, -0.1) is 0 Å². The Morgan fingerprint density at radius 1 is 1.08 bits per heavy atom. The van der Waals surface area contributed by atoms with Crippen molar-refractivity contribution in [3.8, 4) is 5.75 Å². The van der Waals surface area contributed by atoms with E-state index in [-0.39, 0.29) is 0 Å². The van der Waals surface area contributed by atoms with Gasteiger partial charge in [-0.25, -0.2) is 0 Å². The number of hydrogen-bond acceptors (Lipinski definition) is 4. The zero-order chi connectivity index (χ0) is 17.9. The van der Waals surface area contributed by atoms with Gasteiger partial charge in [-0.2, -0.15) is 0 Å². The Hall–Kier alpha value is -1.10. The van der Waals surface area contributed by atoms with Crippen LogP contribution in [0, 0.1) is 11.8 Å². The van der Waals surface area contributed by atoms with Crippen molar-refractivity contribution >= 4 is 0 Å². The van der Waals surface area contributed by atoms with Crippen molar-refractivity contribution < 1.29 is 14.6 Å². The van der Waals surface area contributed by atoms with Gasteiger partial charge in [0.2, 0.25) is 0 Å². The van der Waals surface area contributed by atoms with Crippen LogP contribution in [0.3, 0.4) is 0 Å². The molecule has 1 atom stereocenters. The first-order valence-corrected chi connectivity index (χ1v) is 9.01. The molecule has 0 heterocycles. The lowest BCUT2D eigenvalue weighted by Crippen LogP contribution is -2.36. The van der Waals surface area contributed by atoms with Crippen molar-refractivity contribution in [1.82, 2.24) is 4.90 Å². The third-order valence-electron chi connectivity index (χ3n) is 3.79. The summed E-state index contributed by atoms with van der Waals surface area (Å²) in [6, 6.07) is 8.13. The highest BCUT2D eigenvalue weighted by Crippen LogP contribution is 2.15. The Labute approximate surface area is 147 Å². The summed E-state index contributed by atoms with van der Waals surface area (Å²) in [5.74, 6) is 2.01. The lowest BCUT2D eigenvalue weighted by atomic mass is 10.1. The van der Waals surface area contributed by atoms with Gasteiger partial charge in [0.1, 0.15) is 5.75 Å². The predicted octanol–water partition coefficient (Wildman–Crippen LogP) is 3.58. The van der Waals surface area contributed by atoms with E-state index >= 15 is 0 Å². The number of benzene rings is 1. The number of methoxy groups -OCH3 is 1. The van der Waals surface area contributed by atoms with Crippen molar-refractivity contribution in [2.75, 3.05) is 33.4 Å². The van der Waals surface area contributed by atoms with E-state index in [9.17, 15) is 5.11 Å². The maximum atomic E-state index is 10.3. The molecule has 1 aromatic rings. The van der Waals surface area contributed by atoms with Gasteiger partial charge in [0.05, 0.1) is 19.8 Å². The van der Waals surface area contributed by atoms with Crippen LogP contribution < -0.4 is 4.74 Å². The van der Waals surface area contributed by atoms with E-state index in [0.29, 0.717) is 31.6 Å². The average molecular weight is 338 g/mol. The van der Waals surface area contributed by atoms with Crippen LogP contribution in [0.4, 0.5) is 0 Å². The van der Waals surface area contributed by atoms with Gasteiger partial charge >= 0.3 is 0 Å². The van der Waals surface area contributed by atoms with E-state index in [1.54, 1.807) is 7.11 Å². The molecular formula is C20H35NO3. The van der Waals surface area contributed by atoms with Crippen LogP contribution in [-0.4, -0.2) is 49.5 Å². The molecule has 0 amide bonds. The number of aliphatic hydroxyl groups is 1. The van der Waals surface area contributed by atoms with Crippen LogP contribution in [0.5, 0.6) is 5.75 Å². The van der Waals surface area contributed by atoms with E-state index in [4.69, 9.17) is 9.47 Å². The minimum atomic E-state index is -0.457. The van der Waals surface area contributed by atoms with Gasteiger partial charge in [0.25, 0.3) is 0 Å². The normalized spacial score (nSPS) is 13.0. The monoisotopic (exact) mass is 337 g/mol. The van der Waals surface area contributed by atoms with Gasteiger partial charge < -0.3 is 14.6 Å². The molecule has 0 aliphatic heterocycles. The van der Waals surface area contributed by atoms with Crippen LogP contribution in [-0.2, 0) is 11.3 Å². The second kappa shape index (κ2) is 11.5. The van der Waals surface area contributed by atoms with Crippen molar-refractivity contribution in [1.29, 1.82) is 0 Å². The summed E-state index contributed by atoms with van der Waals surface area (Å²) < 4.78 is 10.9. The highest BCUT2D eigenvalue weighted by atomic mass is 16.5. The largest absolute Gasteiger partial charge is 0.497 e. The molecule has 0 aliphatic carbocycles. The van der Waals surface area contributed by atoms with Crippen molar-refractivity contribution in [2.24, 2.45) is 11.8 Å². The third kappa shape index (κ3) is 9.26. The van der Waals surface area contributed by atoms with Gasteiger partial charge in [0, 0.05) is 19.7 Å². The standard InChI is InChI=1S/C20H35NO3/c1-16(2)9-10-21(13-19(22)15-24-14-17(3)4)12-18-7-6-8-20(11-18)23-5/h6-8,11,16-17,19,22H,9-10,12-15H2,1-5H3. The average Bonchev–Trinajstić information content (AvgIpc) is 2.52. The van der Waals surface area contributed by atoms with E-state index in [1.165, 1.54) is 5.56 Å². The molecule has 0 saturated carbocycles. The SMILES string of the molecule is COc1cccc(CN(CCC(C)C)CC(O)COCC(C)C)c1. The minimum absolute atomic E-state index is 0.397. The maximum Gasteiger partial charge on any atom is 0.119 e. The summed E-state index contributed by atoms with van der Waals surface area (Å²) in [5, 5.41) is 10.3. The highest BCUT2D eigenvalue weighted by molar-refractivity contribution is 5.28. The molecule has 1 unspecified atom stereocenters. The number of nitrogens with zero attached hydrogens (tertiary/aromatic N) is 1. The van der Waals surface area contributed by atoms with Crippen LogP contribution in [0.15, 0.2) is 24.3 Å². The first kappa shape index (κ1) is 20.9. The number of rotatable bonds is 12. The summed E-state index contributed by atoms with van der Waals surface area (Å²) in [4.78, 5) is 2.30. The van der Waals surface area contributed by atoms with Crippen molar-refractivity contribution in [3.05, 3.63) is 29.8 Å². The lowest BCUT2D eigenvalue weighted by Gasteiger charge is -2.26. The summed E-state index contributed by atoms with van der Waals surface area (Å²) in [7, 11) is 1.69. The molecule has 24 heavy (non-hydrogen) atoms. The molecule has 4 nitrogen and oxygen atoms in total. The molecule has 4 heteroatoms. The third-order valence-corrected chi connectivity index (χ3v) is 3.79. The number of hydrogen-bond donors (Lipinski definition) is 1. The zero-order valence-corrected chi connectivity index (χ0v) is 16.0. The first-order valence-electron chi connectivity index (χ1n) is 9.01. The minimum Gasteiger partial charge on any atom is -0.497 e. The number of ether oxygens (including phenoxy) is 2. The molecule has 1 N–H and O–H groups in total. The van der Waals surface area contributed by atoms with E-state index in [2.05, 4.69) is 44.7 Å². The molecule has 0 fully saturated rings. The summed E-state index contributed by atoms with van der Waals surface area (Å²) in [5.41, 5.74) is 1.20. The van der Waals surface area contributed by atoms with Crippen LogP contribution in [0.1, 0.15) is 39.7 Å². The molecule has 0 radical (unpaired) electrons. The van der Waals surface area contributed by atoms with Gasteiger partial charge in [-0.05, 0) is 42.5 Å². The molecule has 1 rings (SSSR count). The Morgan fingerprint density at radius 3 is 2.46 bits per heavy atom. The summed E-state index contributed by atoms with van der Waals surface area (Å²) in [6.45, 7) is 12.2. The highest BCUT2D eigenvalue weighted by Gasteiger charge is 2.14. The van der Waals surface area contributed by atoms with Gasteiger partial charge in [-0.1, -0.05) is 39.8 Å². The Balaban J connectivity index is 2.58. The fourth-order valence-corrected chi connectivity index (χ4v) is 2.50. The molecule has 0 aromatic heterocycles. The van der Waals surface area contributed by atoms with Crippen LogP contribution >= 0.6 is 0 Å². The lowest BCUT2D eigenvalue weighted by molar-refractivity contribution is 0.00628. The first-order chi connectivity index (χ1) is 11.4. The van der Waals surface area contributed by atoms with Gasteiger partial charge in [-0.3, -0.25) is 4.90 Å². The van der Waals surface area contributed by atoms with Gasteiger partial charge in [0.15, 0.2) is 0 Å². The Bertz CT molecular complexity index is 448. The van der Waals surface area contributed by atoms with E-state index < -0.39 is 6.10 Å². The van der Waals surface area contributed by atoms with Crippen molar-refractivity contribution in [2.45, 2.75) is 46.8 Å². The second-order valence-electron chi connectivity index (χ2n) is 7.35. The predicted molar refractivity (Wildman–Crippen MR) is 99.4 cm³/mol. The fourth-order valence-electron chi connectivity index (χ4n) is 2.50. The zero-order valence-electron chi connectivity index (χ0n) is 16.0. The van der Waals surface area contributed by atoms with E-state index in [1.807, 2.05) is 12.1 Å². The fraction of sp³-hybridized carbons (Fsp3) is 0.700. The molecule has 0 spiro atoms. The smallest absolute Gasteiger partial charge is 0.119 e. The van der Waals surface area contributed by atoms with Crippen LogP contribution in [0.2, 0.25) is 0 Å². The topological polar surface area (TPSA) is 41.9 Å². The quantitative estimate of drug-likeness (QED) is 0.633. The molecule has 1 aromatic carbocycles. The molecule has 0 bridgehead atoms. The molecule has 0 aliphatic rings. The molecular weight excluding hydrogens is 302 g/mol. The van der Waals surface area contributed by atoms with Crippen molar-refractivity contribution in [3.63, 3.8) is 0 Å². The second-order valence-corrected chi connectivity index (χ2v) is 7.35. The van der Waals surface area contributed by atoms with E-state index in [0.717, 1.165) is 25.3 Å². The Kier molecular flexibility index (Phi) is 9.99. The molecule has 0 saturated heterocycles. The molecule has 138 valence electrons. The maximum absolute atomic E-state index is 10.3.